The van der Waals surface area contributed by atoms with Crippen molar-refractivity contribution < 1.29 is 0 Å². The predicted molar refractivity (Wildman–Crippen MR) is 71.4 cm³/mol. The van der Waals surface area contributed by atoms with Crippen LogP contribution in [0, 0.1) is 27.7 Å². The fourth-order valence-corrected chi connectivity index (χ4v) is 2.68. The number of pyridine rings is 1. The van der Waals surface area contributed by atoms with Crippen LogP contribution in [0.25, 0.3) is 11.1 Å². The molecule has 1 heteroatoms. The second-order valence-electron chi connectivity index (χ2n) is 5.10. The van der Waals surface area contributed by atoms with E-state index in [-0.39, 0.29) is 0 Å². The van der Waals surface area contributed by atoms with Gasteiger partial charge in [0.05, 0.1) is 5.69 Å². The predicted octanol–water partition coefficient (Wildman–Crippen LogP) is 3.89. The second-order valence-corrected chi connectivity index (χ2v) is 5.10. The summed E-state index contributed by atoms with van der Waals surface area (Å²) in [5, 5.41) is 0. The third-order valence-corrected chi connectivity index (χ3v) is 3.99. The van der Waals surface area contributed by atoms with Gasteiger partial charge in [-0.1, -0.05) is 12.1 Å². The first-order chi connectivity index (χ1) is 8.08. The van der Waals surface area contributed by atoms with Gasteiger partial charge in [0.1, 0.15) is 0 Å². The van der Waals surface area contributed by atoms with Crippen molar-refractivity contribution in [3.63, 3.8) is 0 Å². The summed E-state index contributed by atoms with van der Waals surface area (Å²) >= 11 is 0. The third-order valence-electron chi connectivity index (χ3n) is 3.99. The van der Waals surface area contributed by atoms with Crippen molar-refractivity contribution in [2.24, 2.45) is 0 Å². The molecule has 1 aliphatic carbocycles. The lowest BCUT2D eigenvalue weighted by Crippen LogP contribution is -1.93. The van der Waals surface area contributed by atoms with E-state index < -0.39 is 0 Å². The molecule has 2 aromatic rings. The largest absolute Gasteiger partial charge is 0.257 e. The molecule has 0 fully saturated rings. The van der Waals surface area contributed by atoms with Crippen LogP contribution in [0.5, 0.6) is 0 Å². The number of hydrogen-bond donors (Lipinski definition) is 0. The lowest BCUT2D eigenvalue weighted by atomic mass is 9.96. The van der Waals surface area contributed by atoms with Gasteiger partial charge in [0, 0.05) is 17.7 Å². The molecule has 0 bridgehead atoms. The van der Waals surface area contributed by atoms with Gasteiger partial charge in [0.15, 0.2) is 0 Å². The minimum atomic E-state index is 0.993. The van der Waals surface area contributed by atoms with Crippen LogP contribution in [-0.4, -0.2) is 4.98 Å². The summed E-state index contributed by atoms with van der Waals surface area (Å²) in [5.41, 5.74) is 10.7. The Labute approximate surface area is 103 Å². The number of aromatic nitrogens is 1. The highest BCUT2D eigenvalue weighted by molar-refractivity contribution is 5.79. The summed E-state index contributed by atoms with van der Waals surface area (Å²) in [7, 11) is 0. The maximum atomic E-state index is 4.74. The van der Waals surface area contributed by atoms with Crippen molar-refractivity contribution in [2.75, 3.05) is 0 Å². The normalized spacial score (nSPS) is 12.5. The van der Waals surface area contributed by atoms with Crippen molar-refractivity contribution in [1.29, 1.82) is 0 Å². The summed E-state index contributed by atoms with van der Waals surface area (Å²) in [5.74, 6) is 0. The molecule has 86 valence electrons. The van der Waals surface area contributed by atoms with Crippen molar-refractivity contribution in [3.05, 3.63) is 51.8 Å². The fraction of sp³-hybridized carbons (Fsp3) is 0.312. The zero-order valence-electron chi connectivity index (χ0n) is 10.9. The molecular weight excluding hydrogens is 206 g/mol. The van der Waals surface area contributed by atoms with Crippen molar-refractivity contribution in [2.45, 2.75) is 34.1 Å². The number of benzene rings is 1. The smallest absolute Gasteiger partial charge is 0.0529 e. The van der Waals surface area contributed by atoms with Gasteiger partial charge in [0.2, 0.25) is 0 Å². The van der Waals surface area contributed by atoms with Crippen LogP contribution in [-0.2, 0) is 6.42 Å². The summed E-state index contributed by atoms with van der Waals surface area (Å²) in [6.07, 6.45) is 0.993. The minimum Gasteiger partial charge on any atom is -0.257 e. The van der Waals surface area contributed by atoms with E-state index in [0.29, 0.717) is 0 Å². The highest BCUT2D eigenvalue weighted by Crippen LogP contribution is 2.39. The molecule has 1 aromatic heterocycles. The Kier molecular flexibility index (Phi) is 2.12. The van der Waals surface area contributed by atoms with E-state index in [0.717, 1.165) is 12.1 Å². The van der Waals surface area contributed by atoms with E-state index in [1.165, 1.54) is 39.1 Å². The van der Waals surface area contributed by atoms with Gasteiger partial charge in [-0.2, -0.15) is 0 Å². The second kappa shape index (κ2) is 3.43. The molecular formula is C16H17N. The first kappa shape index (κ1) is 10.5. The van der Waals surface area contributed by atoms with E-state index in [9.17, 15) is 0 Å². The highest BCUT2D eigenvalue weighted by Gasteiger charge is 2.22. The maximum absolute atomic E-state index is 4.74. The van der Waals surface area contributed by atoms with E-state index in [2.05, 4.69) is 45.9 Å². The Bertz CT molecular complexity index is 624. The lowest BCUT2D eigenvalue weighted by molar-refractivity contribution is 1.05. The minimum absolute atomic E-state index is 0.993. The van der Waals surface area contributed by atoms with Gasteiger partial charge in [-0.25, -0.2) is 0 Å². The molecule has 0 spiro atoms. The molecule has 0 atom stereocenters. The van der Waals surface area contributed by atoms with Crippen LogP contribution in [0.15, 0.2) is 18.2 Å². The van der Waals surface area contributed by atoms with E-state index in [4.69, 9.17) is 4.98 Å². The molecule has 17 heavy (non-hydrogen) atoms. The molecule has 1 aromatic carbocycles. The topological polar surface area (TPSA) is 12.9 Å². The summed E-state index contributed by atoms with van der Waals surface area (Å²) in [4.78, 5) is 4.74. The number of hydrogen-bond acceptors (Lipinski definition) is 1. The molecule has 1 aliphatic rings. The van der Waals surface area contributed by atoms with Gasteiger partial charge in [-0.3, -0.25) is 4.98 Å². The summed E-state index contributed by atoms with van der Waals surface area (Å²) < 4.78 is 0. The molecule has 3 rings (SSSR count). The quantitative estimate of drug-likeness (QED) is 0.563. The Morgan fingerprint density at radius 3 is 2.53 bits per heavy atom. The monoisotopic (exact) mass is 223 g/mol. The molecule has 0 saturated heterocycles. The number of rotatable bonds is 0. The van der Waals surface area contributed by atoms with Gasteiger partial charge >= 0.3 is 0 Å². The van der Waals surface area contributed by atoms with Crippen LogP contribution in [0.4, 0.5) is 0 Å². The SMILES string of the molecule is Cc1cc2c(nc1C)Cc1ccc(C)c(C)c1-2. The maximum Gasteiger partial charge on any atom is 0.0529 e. The van der Waals surface area contributed by atoms with E-state index >= 15 is 0 Å². The Hall–Kier alpha value is -1.63. The average Bonchev–Trinajstić information content (AvgIpc) is 2.63. The highest BCUT2D eigenvalue weighted by atomic mass is 14.7. The number of fused-ring (bicyclic) bond motifs is 3. The van der Waals surface area contributed by atoms with E-state index in [1.54, 1.807) is 0 Å². The molecule has 0 radical (unpaired) electrons. The molecule has 0 unspecified atom stereocenters. The van der Waals surface area contributed by atoms with Crippen LogP contribution in [0.1, 0.15) is 33.6 Å². The number of nitrogens with zero attached hydrogens (tertiary/aromatic N) is 1. The van der Waals surface area contributed by atoms with Gasteiger partial charge in [0.25, 0.3) is 0 Å². The molecule has 1 nitrogen and oxygen atoms in total. The van der Waals surface area contributed by atoms with Gasteiger partial charge in [-0.15, -0.1) is 0 Å². The van der Waals surface area contributed by atoms with Gasteiger partial charge < -0.3 is 0 Å². The van der Waals surface area contributed by atoms with Crippen molar-refractivity contribution in [1.82, 2.24) is 4.98 Å². The zero-order chi connectivity index (χ0) is 12.2. The van der Waals surface area contributed by atoms with Crippen LogP contribution < -0.4 is 0 Å². The third kappa shape index (κ3) is 1.42. The fourth-order valence-electron chi connectivity index (χ4n) is 2.68. The first-order valence-electron chi connectivity index (χ1n) is 6.14. The van der Waals surface area contributed by atoms with Crippen molar-refractivity contribution >= 4 is 0 Å². The molecule has 0 saturated carbocycles. The molecule has 0 aliphatic heterocycles. The zero-order valence-corrected chi connectivity index (χ0v) is 10.9. The van der Waals surface area contributed by atoms with Gasteiger partial charge in [-0.05, 0) is 61.6 Å². The Morgan fingerprint density at radius 2 is 1.76 bits per heavy atom. The Balaban J connectivity index is 2.33. The number of aryl methyl sites for hydroxylation is 3. The molecule has 1 heterocycles. The first-order valence-corrected chi connectivity index (χ1v) is 6.14. The molecule has 0 N–H and O–H groups in total. The van der Waals surface area contributed by atoms with Crippen molar-refractivity contribution in [3.8, 4) is 11.1 Å². The standard InChI is InChI=1S/C16H17N/c1-9-5-6-13-8-15-14(16(13)11(9)3)7-10(2)12(4)17-15/h5-7H,8H2,1-4H3. The summed E-state index contributed by atoms with van der Waals surface area (Å²) in [6, 6.07) is 6.78. The van der Waals surface area contributed by atoms with Crippen LogP contribution in [0.2, 0.25) is 0 Å². The van der Waals surface area contributed by atoms with Crippen LogP contribution in [0.3, 0.4) is 0 Å². The molecule has 0 amide bonds. The van der Waals surface area contributed by atoms with Crippen LogP contribution >= 0.6 is 0 Å². The lowest BCUT2D eigenvalue weighted by Gasteiger charge is -2.09. The average molecular weight is 223 g/mol. The van der Waals surface area contributed by atoms with E-state index in [1.807, 2.05) is 0 Å². The Morgan fingerprint density at radius 1 is 1.00 bits per heavy atom. The summed E-state index contributed by atoms with van der Waals surface area (Å²) in [6.45, 7) is 8.64.